The molecule has 0 saturated heterocycles. The van der Waals surface area contributed by atoms with Crippen LogP contribution in [0.4, 0.5) is 17.3 Å². The van der Waals surface area contributed by atoms with E-state index in [9.17, 15) is 8.42 Å². The molecule has 3 aromatic heterocycles. The van der Waals surface area contributed by atoms with Gasteiger partial charge >= 0.3 is 0 Å². The molecule has 4 aromatic rings. The van der Waals surface area contributed by atoms with Gasteiger partial charge in [0.1, 0.15) is 0 Å². The van der Waals surface area contributed by atoms with E-state index in [1.807, 2.05) is 31.2 Å². The lowest BCUT2D eigenvalue weighted by atomic mass is 10.2. The molecule has 0 unspecified atom stereocenters. The van der Waals surface area contributed by atoms with Gasteiger partial charge in [-0.1, -0.05) is 6.92 Å². The first-order valence-electron chi connectivity index (χ1n) is 9.87. The van der Waals surface area contributed by atoms with Gasteiger partial charge in [-0.2, -0.15) is 10.1 Å². The van der Waals surface area contributed by atoms with Crippen molar-refractivity contribution in [2.75, 3.05) is 11.3 Å². The summed E-state index contributed by atoms with van der Waals surface area (Å²) in [5.41, 5.74) is 3.70. The molecule has 11 heteroatoms. The first kappa shape index (κ1) is 21.5. The van der Waals surface area contributed by atoms with E-state index in [2.05, 4.69) is 36.8 Å². The Bertz CT molecular complexity index is 1370. The molecule has 32 heavy (non-hydrogen) atoms. The molecule has 0 aliphatic rings. The van der Waals surface area contributed by atoms with E-state index in [0.717, 1.165) is 29.8 Å². The molecule has 164 valence electrons. The Labute approximate surface area is 185 Å². The van der Waals surface area contributed by atoms with Crippen LogP contribution in [0.15, 0.2) is 66.2 Å². The Morgan fingerprint density at radius 2 is 1.94 bits per heavy atom. The maximum Gasteiger partial charge on any atom is 0.247 e. The van der Waals surface area contributed by atoms with Crippen molar-refractivity contribution in [3.05, 3.63) is 61.2 Å². The number of anilines is 2. The van der Waals surface area contributed by atoms with Crippen LogP contribution in [0.25, 0.3) is 16.7 Å². The van der Waals surface area contributed by atoms with Crippen molar-refractivity contribution in [3.63, 3.8) is 0 Å². The van der Waals surface area contributed by atoms with Gasteiger partial charge in [0.25, 0.3) is 0 Å². The second-order valence-electron chi connectivity index (χ2n) is 7.13. The van der Waals surface area contributed by atoms with E-state index in [0.29, 0.717) is 16.7 Å². The quantitative estimate of drug-likeness (QED) is 0.339. The zero-order valence-corrected chi connectivity index (χ0v) is 18.7. The standard InChI is InChI=1S/C21H22N8O2S/c1-4-15(2)25-17-7-9-18(10-8-17)28-20-16(13-24-28)12-23-21(26-20)29(27-32(3,30)31)19-6-5-11-22-14-19/h5-14,27H,4H2,1-3H3. The highest BCUT2D eigenvalue weighted by atomic mass is 32.2. The normalized spacial score (nSPS) is 12.3. The van der Waals surface area contributed by atoms with Gasteiger partial charge < -0.3 is 0 Å². The van der Waals surface area contributed by atoms with Crippen molar-refractivity contribution in [2.24, 2.45) is 4.99 Å². The summed E-state index contributed by atoms with van der Waals surface area (Å²) in [4.78, 5) is 19.9. The Hall–Kier alpha value is -3.70. The molecule has 3 heterocycles. The largest absolute Gasteiger partial charge is 0.262 e. The second kappa shape index (κ2) is 8.81. The Morgan fingerprint density at radius 1 is 1.16 bits per heavy atom. The first-order valence-corrected chi connectivity index (χ1v) is 11.8. The number of benzene rings is 1. The molecule has 0 fully saturated rings. The topological polar surface area (TPSA) is 118 Å². The lowest BCUT2D eigenvalue weighted by Gasteiger charge is -2.21. The van der Waals surface area contributed by atoms with Crippen LogP contribution in [0.3, 0.4) is 0 Å². The number of aliphatic imine (C=N–C) groups is 1. The van der Waals surface area contributed by atoms with Crippen molar-refractivity contribution in [3.8, 4) is 5.69 Å². The van der Waals surface area contributed by atoms with Crippen LogP contribution in [0, 0.1) is 0 Å². The van der Waals surface area contributed by atoms with Gasteiger partial charge in [-0.05, 0) is 49.7 Å². The molecule has 0 atom stereocenters. The third-order valence-corrected chi connectivity index (χ3v) is 5.10. The maximum atomic E-state index is 12.0. The summed E-state index contributed by atoms with van der Waals surface area (Å²) in [6.45, 7) is 4.06. The van der Waals surface area contributed by atoms with Gasteiger partial charge in [0.15, 0.2) is 5.65 Å². The highest BCUT2D eigenvalue weighted by Crippen LogP contribution is 2.24. The van der Waals surface area contributed by atoms with E-state index in [-0.39, 0.29) is 5.95 Å². The fourth-order valence-electron chi connectivity index (χ4n) is 2.93. The third-order valence-electron chi connectivity index (χ3n) is 4.58. The molecule has 10 nitrogen and oxygen atoms in total. The number of hydrogen-bond acceptors (Lipinski definition) is 8. The number of hydrogen-bond donors (Lipinski definition) is 1. The molecule has 0 radical (unpaired) electrons. The lowest BCUT2D eigenvalue weighted by molar-refractivity contribution is 0.587. The summed E-state index contributed by atoms with van der Waals surface area (Å²) in [5.74, 6) is 0.137. The van der Waals surface area contributed by atoms with Crippen LogP contribution in [-0.2, 0) is 10.0 Å². The van der Waals surface area contributed by atoms with Gasteiger partial charge in [-0.25, -0.2) is 23.1 Å². The minimum atomic E-state index is -3.61. The number of fused-ring (bicyclic) bond motifs is 1. The number of hydrazine groups is 1. The van der Waals surface area contributed by atoms with Crippen molar-refractivity contribution >= 4 is 44.1 Å². The molecule has 0 amide bonds. The van der Waals surface area contributed by atoms with Gasteiger partial charge in [-0.3, -0.25) is 9.98 Å². The fraction of sp³-hybridized carbons (Fsp3) is 0.190. The van der Waals surface area contributed by atoms with Gasteiger partial charge in [-0.15, -0.1) is 4.83 Å². The number of pyridine rings is 1. The smallest absolute Gasteiger partial charge is 0.247 e. The maximum absolute atomic E-state index is 12.0. The fourth-order valence-corrected chi connectivity index (χ4v) is 3.45. The van der Waals surface area contributed by atoms with E-state index in [4.69, 9.17) is 0 Å². The Balaban J connectivity index is 1.76. The van der Waals surface area contributed by atoms with Crippen LogP contribution in [0.5, 0.6) is 0 Å². The molecule has 0 spiro atoms. The Morgan fingerprint density at radius 3 is 2.59 bits per heavy atom. The number of nitrogens with one attached hydrogen (secondary N) is 1. The van der Waals surface area contributed by atoms with Gasteiger partial charge in [0, 0.05) is 18.1 Å². The van der Waals surface area contributed by atoms with Crippen LogP contribution in [0.1, 0.15) is 20.3 Å². The van der Waals surface area contributed by atoms with Crippen LogP contribution < -0.4 is 9.84 Å². The zero-order valence-electron chi connectivity index (χ0n) is 17.8. The third kappa shape index (κ3) is 4.79. The highest BCUT2D eigenvalue weighted by molar-refractivity contribution is 7.88. The van der Waals surface area contributed by atoms with E-state index in [1.54, 1.807) is 35.4 Å². The molecule has 0 bridgehead atoms. The van der Waals surface area contributed by atoms with E-state index >= 15 is 0 Å². The minimum absolute atomic E-state index is 0.137. The predicted molar refractivity (Wildman–Crippen MR) is 124 cm³/mol. The molecular formula is C21H22N8O2S. The molecule has 1 N–H and O–H groups in total. The van der Waals surface area contributed by atoms with Gasteiger partial charge in [0.2, 0.25) is 16.0 Å². The van der Waals surface area contributed by atoms with Crippen LogP contribution >= 0.6 is 0 Å². The molecule has 0 aliphatic heterocycles. The molecule has 4 rings (SSSR count). The summed E-state index contributed by atoms with van der Waals surface area (Å²) in [7, 11) is -3.61. The predicted octanol–water partition coefficient (Wildman–Crippen LogP) is 3.32. The monoisotopic (exact) mass is 450 g/mol. The second-order valence-corrected chi connectivity index (χ2v) is 8.86. The number of sulfonamides is 1. The summed E-state index contributed by atoms with van der Waals surface area (Å²) in [5, 5.41) is 6.41. The molecule has 0 saturated carbocycles. The summed E-state index contributed by atoms with van der Waals surface area (Å²) >= 11 is 0. The summed E-state index contributed by atoms with van der Waals surface area (Å²) in [6, 6.07) is 11.0. The molecule has 0 aliphatic carbocycles. The summed E-state index contributed by atoms with van der Waals surface area (Å²) < 4.78 is 25.6. The zero-order chi connectivity index (χ0) is 22.7. The van der Waals surface area contributed by atoms with E-state index < -0.39 is 10.0 Å². The average molecular weight is 451 g/mol. The SMILES string of the molecule is CCC(C)=Nc1ccc(-n2ncc3cnc(N(NS(C)(=O)=O)c4cccnc4)nc32)cc1. The minimum Gasteiger partial charge on any atom is -0.262 e. The average Bonchev–Trinajstić information content (AvgIpc) is 3.21. The number of rotatable bonds is 7. The van der Waals surface area contributed by atoms with E-state index in [1.165, 1.54) is 11.2 Å². The van der Waals surface area contributed by atoms with Gasteiger partial charge in [0.05, 0.1) is 41.1 Å². The van der Waals surface area contributed by atoms with Crippen LogP contribution in [-0.4, -0.2) is 45.1 Å². The van der Waals surface area contributed by atoms with Crippen molar-refractivity contribution in [1.82, 2.24) is 29.6 Å². The number of nitrogens with zero attached hydrogens (tertiary/aromatic N) is 7. The Kier molecular flexibility index (Phi) is 5.93. The van der Waals surface area contributed by atoms with Crippen LogP contribution in [0.2, 0.25) is 0 Å². The van der Waals surface area contributed by atoms with Crippen molar-refractivity contribution in [2.45, 2.75) is 20.3 Å². The first-order chi connectivity index (χ1) is 15.3. The molecular weight excluding hydrogens is 428 g/mol. The summed E-state index contributed by atoms with van der Waals surface area (Å²) in [6.07, 6.45) is 8.31. The lowest BCUT2D eigenvalue weighted by Crippen LogP contribution is -2.39. The van der Waals surface area contributed by atoms with Crippen molar-refractivity contribution in [1.29, 1.82) is 0 Å². The highest BCUT2D eigenvalue weighted by Gasteiger charge is 2.19. The van der Waals surface area contributed by atoms with Crippen molar-refractivity contribution < 1.29 is 8.42 Å². The molecule has 1 aromatic carbocycles. The number of aromatic nitrogens is 5.